The van der Waals surface area contributed by atoms with Crippen molar-refractivity contribution >= 4 is 35.8 Å². The fraction of sp³-hybridized carbons (Fsp3) is 0.206. The Labute approximate surface area is 494 Å². The first-order valence-electron chi connectivity index (χ1n) is 26.5. The fourth-order valence-corrected chi connectivity index (χ4v) is 7.07. The Morgan fingerprint density at radius 3 is 0.847 bits per heavy atom. The highest BCUT2D eigenvalue weighted by atomic mass is 19.1. The third kappa shape index (κ3) is 21.5. The molecule has 0 unspecified atom stereocenters. The summed E-state index contributed by atoms with van der Waals surface area (Å²) in [6, 6.07) is 36.8. The van der Waals surface area contributed by atoms with E-state index in [1.165, 1.54) is 6.07 Å². The van der Waals surface area contributed by atoms with Crippen LogP contribution >= 0.6 is 0 Å². The molecule has 0 fully saturated rings. The van der Waals surface area contributed by atoms with E-state index in [0.717, 1.165) is 22.3 Å². The number of hydrogen-bond donors (Lipinski definition) is 0. The number of rotatable bonds is 28. The second-order valence-corrected chi connectivity index (χ2v) is 19.1. The molecular formula is C68H67FO16. The van der Waals surface area contributed by atoms with Crippen LogP contribution in [0, 0.1) is 5.82 Å². The number of carbonyl (C=O) groups excluding carboxylic acids is 6. The monoisotopic (exact) mass is 1160 g/mol. The molecule has 16 nitrogen and oxygen atoms in total. The lowest BCUT2D eigenvalue weighted by atomic mass is 9.99. The van der Waals surface area contributed by atoms with Gasteiger partial charge in [-0.2, -0.15) is 0 Å². The molecule has 0 bridgehead atoms. The number of halogens is 1. The standard InChI is InChI=1S/C34H33FO8.C34H34O8/c1-21(2)32(36)41-15-13-39-28-17-26(18-29(20-28)40-14-16-42-33(37)22(3)4)25-9-12-30(31(35)19-25)24-7-10-27(11-8-24)43-34(38)23(5)6;1-22(2)32(35)40-17-15-38-30-19-28(20-31(21-30)39-16-18-41-33(36)23(3)4)27-9-7-25(8-10-27)26-11-13-29(14-12-26)42-34(37)24(5)6/h7-12,17-20H,1,3,5,13-16H2,2,4,6H3;7-14,19-21H,1,3,5,15-18H2,2,4,6H3. The molecule has 0 aliphatic carbocycles. The number of ether oxygens (including phenoxy) is 10. The lowest BCUT2D eigenvalue weighted by Gasteiger charge is -2.14. The maximum Gasteiger partial charge on any atom is 0.338 e. The van der Waals surface area contributed by atoms with Crippen molar-refractivity contribution in [2.75, 3.05) is 52.9 Å². The number of benzene rings is 6. The zero-order valence-electron chi connectivity index (χ0n) is 48.4. The summed E-state index contributed by atoms with van der Waals surface area (Å²) in [5, 5.41) is 0. The normalized spacial score (nSPS) is 10.3. The van der Waals surface area contributed by atoms with Gasteiger partial charge in [0.15, 0.2) is 0 Å². The highest BCUT2D eigenvalue weighted by Gasteiger charge is 2.15. The van der Waals surface area contributed by atoms with E-state index < -0.39 is 41.6 Å². The lowest BCUT2D eigenvalue weighted by molar-refractivity contribution is -0.140. The van der Waals surface area contributed by atoms with Crippen LogP contribution in [0.25, 0.3) is 44.5 Å². The van der Waals surface area contributed by atoms with Crippen LogP contribution in [0.3, 0.4) is 0 Å². The Balaban J connectivity index is 0.000000311. The number of carbonyl (C=O) groups is 6. The van der Waals surface area contributed by atoms with Crippen LogP contribution < -0.4 is 28.4 Å². The maximum atomic E-state index is 15.3. The summed E-state index contributed by atoms with van der Waals surface area (Å²) in [5.41, 5.74) is 7.51. The molecule has 85 heavy (non-hydrogen) atoms. The van der Waals surface area contributed by atoms with Crippen molar-refractivity contribution < 1.29 is 80.5 Å². The van der Waals surface area contributed by atoms with Crippen LogP contribution in [0.1, 0.15) is 41.5 Å². The molecule has 17 heteroatoms. The van der Waals surface area contributed by atoms with E-state index in [0.29, 0.717) is 73.5 Å². The van der Waals surface area contributed by atoms with E-state index in [-0.39, 0.29) is 69.6 Å². The van der Waals surface area contributed by atoms with Crippen molar-refractivity contribution in [1.82, 2.24) is 0 Å². The van der Waals surface area contributed by atoms with Gasteiger partial charge in [-0.1, -0.05) is 100 Å². The second kappa shape index (κ2) is 32.4. The van der Waals surface area contributed by atoms with Crippen LogP contribution in [0.2, 0.25) is 0 Å². The van der Waals surface area contributed by atoms with Gasteiger partial charge in [-0.15, -0.1) is 0 Å². The van der Waals surface area contributed by atoms with E-state index in [2.05, 4.69) is 39.5 Å². The van der Waals surface area contributed by atoms with Crippen LogP contribution in [-0.2, 0) is 47.7 Å². The predicted octanol–water partition coefficient (Wildman–Crippen LogP) is 13.1. The van der Waals surface area contributed by atoms with Gasteiger partial charge in [0.2, 0.25) is 0 Å². The van der Waals surface area contributed by atoms with Gasteiger partial charge in [0.25, 0.3) is 0 Å². The minimum Gasteiger partial charge on any atom is -0.490 e. The smallest absolute Gasteiger partial charge is 0.338 e. The highest BCUT2D eigenvalue weighted by molar-refractivity contribution is 5.90. The quantitative estimate of drug-likeness (QED) is 0.0148. The molecule has 6 rings (SSSR count). The Kier molecular flexibility index (Phi) is 25.0. The van der Waals surface area contributed by atoms with Gasteiger partial charge in [-0.3, -0.25) is 0 Å². The molecular weight excluding hydrogens is 1090 g/mol. The lowest BCUT2D eigenvalue weighted by Crippen LogP contribution is -2.13. The van der Waals surface area contributed by atoms with Crippen molar-refractivity contribution in [3.8, 4) is 79.0 Å². The first kappa shape index (κ1) is 65.5. The van der Waals surface area contributed by atoms with E-state index in [1.54, 1.807) is 114 Å². The second-order valence-electron chi connectivity index (χ2n) is 19.1. The summed E-state index contributed by atoms with van der Waals surface area (Å²) in [6.45, 7) is 31.2. The Morgan fingerprint density at radius 1 is 0.294 bits per heavy atom. The largest absolute Gasteiger partial charge is 0.490 e. The zero-order valence-corrected chi connectivity index (χ0v) is 48.4. The topological polar surface area (TPSA) is 195 Å². The van der Waals surface area contributed by atoms with Gasteiger partial charge in [0, 0.05) is 51.1 Å². The van der Waals surface area contributed by atoms with Gasteiger partial charge < -0.3 is 47.4 Å². The molecule has 6 aromatic carbocycles. The van der Waals surface area contributed by atoms with Crippen molar-refractivity contribution in [3.63, 3.8) is 0 Å². The Morgan fingerprint density at radius 2 is 0.553 bits per heavy atom. The molecule has 0 aliphatic heterocycles. The van der Waals surface area contributed by atoms with Gasteiger partial charge in [-0.05, 0) is 135 Å². The SMILES string of the molecule is C=C(C)C(=O)OCCOc1cc(OCCOC(=O)C(=C)C)cc(-c2ccc(-c3ccc(OC(=O)C(=C)C)cc3)c(F)c2)c1.C=C(C)C(=O)OCCOc1cc(OCCOC(=O)C(=C)C)cc(-c2ccc(-c3ccc(OC(=O)C(=C)C)cc3)cc2)c1. The molecule has 0 saturated heterocycles. The first-order chi connectivity index (χ1) is 40.5. The highest BCUT2D eigenvalue weighted by Crippen LogP contribution is 2.35. The molecule has 0 radical (unpaired) electrons. The van der Waals surface area contributed by atoms with Crippen molar-refractivity contribution in [1.29, 1.82) is 0 Å². The van der Waals surface area contributed by atoms with Crippen molar-refractivity contribution in [2.45, 2.75) is 41.5 Å². The molecule has 0 aromatic heterocycles. The third-order valence-corrected chi connectivity index (χ3v) is 11.5. The summed E-state index contributed by atoms with van der Waals surface area (Å²) in [6.07, 6.45) is 0. The molecule has 0 N–H and O–H groups in total. The fourth-order valence-electron chi connectivity index (χ4n) is 7.07. The summed E-state index contributed by atoms with van der Waals surface area (Å²) in [5.74, 6) is -0.937. The van der Waals surface area contributed by atoms with Crippen molar-refractivity contribution in [3.05, 3.63) is 206 Å². The van der Waals surface area contributed by atoms with E-state index in [9.17, 15) is 28.8 Å². The predicted molar refractivity (Wildman–Crippen MR) is 321 cm³/mol. The molecule has 0 aliphatic rings. The average molecular weight is 1160 g/mol. The third-order valence-electron chi connectivity index (χ3n) is 11.5. The van der Waals surface area contributed by atoms with Gasteiger partial charge in [0.1, 0.15) is 93.2 Å². The maximum absolute atomic E-state index is 15.3. The summed E-state index contributed by atoms with van der Waals surface area (Å²) < 4.78 is 69.4. The molecule has 6 aromatic rings. The molecule has 0 saturated carbocycles. The number of esters is 6. The van der Waals surface area contributed by atoms with Gasteiger partial charge in [0.05, 0.1) is 0 Å². The van der Waals surface area contributed by atoms with Crippen molar-refractivity contribution in [2.24, 2.45) is 0 Å². The zero-order chi connectivity index (χ0) is 62.2. The average Bonchev–Trinajstić information content (AvgIpc) is 2.99. The summed E-state index contributed by atoms with van der Waals surface area (Å²) in [4.78, 5) is 70.0. The van der Waals surface area contributed by atoms with E-state index >= 15 is 4.39 Å². The summed E-state index contributed by atoms with van der Waals surface area (Å²) >= 11 is 0. The van der Waals surface area contributed by atoms with Gasteiger partial charge >= 0.3 is 35.8 Å². The summed E-state index contributed by atoms with van der Waals surface area (Å²) in [7, 11) is 0. The minimum atomic E-state index is -0.543. The van der Waals surface area contributed by atoms with Crippen LogP contribution in [-0.4, -0.2) is 88.7 Å². The molecule has 0 spiro atoms. The first-order valence-corrected chi connectivity index (χ1v) is 26.5. The molecule has 0 heterocycles. The van der Waals surface area contributed by atoms with Crippen LogP contribution in [0.15, 0.2) is 200 Å². The number of hydrogen-bond acceptors (Lipinski definition) is 16. The Hall–Kier alpha value is -10.3. The van der Waals surface area contributed by atoms with Gasteiger partial charge in [-0.25, -0.2) is 33.2 Å². The minimum absolute atomic E-state index is 0.00250. The van der Waals surface area contributed by atoms with E-state index in [4.69, 9.17) is 47.4 Å². The Bertz CT molecular complexity index is 3360. The van der Waals surface area contributed by atoms with E-state index in [1.807, 2.05) is 48.5 Å². The molecule has 0 amide bonds. The molecule has 442 valence electrons. The van der Waals surface area contributed by atoms with Crippen LogP contribution in [0.4, 0.5) is 4.39 Å². The molecule has 0 atom stereocenters. The van der Waals surface area contributed by atoms with Crippen LogP contribution in [0.5, 0.6) is 34.5 Å².